The molecule has 0 unspecified atom stereocenters. The molecule has 1 fully saturated rings. The number of carbonyl (C=O) groups is 2. The van der Waals surface area contributed by atoms with Gasteiger partial charge in [0.15, 0.2) is 0 Å². The highest BCUT2D eigenvalue weighted by atomic mass is 16.2. The van der Waals surface area contributed by atoms with E-state index in [0.717, 1.165) is 38.8 Å². The maximum Gasteiger partial charge on any atom is 0.317 e. The Hall–Kier alpha value is -2.04. The minimum Gasteiger partial charge on any atom is -0.356 e. The molecule has 5 nitrogen and oxygen atoms in total. The predicted octanol–water partition coefficient (Wildman–Crippen LogP) is 2.35. The highest BCUT2D eigenvalue weighted by molar-refractivity contribution is 5.74. The molecule has 0 aliphatic carbocycles. The highest BCUT2D eigenvalue weighted by Crippen LogP contribution is 2.22. The molecule has 2 rings (SSSR count). The van der Waals surface area contributed by atoms with Crippen LogP contribution >= 0.6 is 0 Å². The topological polar surface area (TPSA) is 61.4 Å². The molecular formula is C19H29N3O2. The Bertz CT molecular complexity index is 534. The molecule has 0 aromatic heterocycles. The van der Waals surface area contributed by atoms with Gasteiger partial charge in [0.2, 0.25) is 5.91 Å². The molecular weight excluding hydrogens is 302 g/mol. The van der Waals surface area contributed by atoms with E-state index in [1.165, 1.54) is 11.1 Å². The summed E-state index contributed by atoms with van der Waals surface area (Å²) in [5.74, 6) is 0.673. The summed E-state index contributed by atoms with van der Waals surface area (Å²) in [4.78, 5) is 24.6. The summed E-state index contributed by atoms with van der Waals surface area (Å²) in [6, 6.07) is 8.76. The van der Waals surface area contributed by atoms with E-state index in [1.54, 1.807) is 6.92 Å². The zero-order valence-electron chi connectivity index (χ0n) is 14.8. The lowest BCUT2D eigenvalue weighted by atomic mass is 9.90. The van der Waals surface area contributed by atoms with Gasteiger partial charge in [-0.2, -0.15) is 0 Å². The van der Waals surface area contributed by atoms with Gasteiger partial charge in [0.1, 0.15) is 0 Å². The quantitative estimate of drug-likeness (QED) is 0.840. The average Bonchev–Trinajstić information content (AvgIpc) is 2.57. The van der Waals surface area contributed by atoms with Crippen molar-refractivity contribution < 1.29 is 9.59 Å². The normalized spacial score (nSPS) is 15.2. The van der Waals surface area contributed by atoms with Crippen molar-refractivity contribution in [3.05, 3.63) is 35.4 Å². The Labute approximate surface area is 144 Å². The van der Waals surface area contributed by atoms with Crippen molar-refractivity contribution in [3.63, 3.8) is 0 Å². The van der Waals surface area contributed by atoms with Crippen molar-refractivity contribution in [2.45, 2.75) is 39.5 Å². The Balaban J connectivity index is 1.74. The Morgan fingerprint density at radius 2 is 1.71 bits per heavy atom. The van der Waals surface area contributed by atoms with Crippen molar-refractivity contribution in [1.29, 1.82) is 0 Å². The number of piperidine rings is 1. The van der Waals surface area contributed by atoms with Gasteiger partial charge < -0.3 is 15.5 Å². The first kappa shape index (κ1) is 18.3. The number of rotatable bonds is 6. The maximum atomic E-state index is 11.8. The zero-order valence-corrected chi connectivity index (χ0v) is 14.8. The number of urea groups is 1. The van der Waals surface area contributed by atoms with E-state index in [4.69, 9.17) is 0 Å². The lowest BCUT2D eigenvalue weighted by molar-refractivity contribution is -0.118. The van der Waals surface area contributed by atoms with Gasteiger partial charge in [0.25, 0.3) is 0 Å². The third-order valence-corrected chi connectivity index (χ3v) is 4.56. The fourth-order valence-electron chi connectivity index (χ4n) is 3.16. The molecule has 24 heavy (non-hydrogen) atoms. The SMILES string of the molecule is CCNC(=O)N1CCC(Cc2ccc(CCNC(C)=O)cc2)CC1. The van der Waals surface area contributed by atoms with Gasteiger partial charge in [-0.05, 0) is 49.7 Å². The van der Waals surface area contributed by atoms with Crippen LogP contribution in [-0.4, -0.2) is 43.0 Å². The molecule has 2 N–H and O–H groups in total. The number of benzene rings is 1. The van der Waals surface area contributed by atoms with Gasteiger partial charge in [-0.1, -0.05) is 24.3 Å². The van der Waals surface area contributed by atoms with Gasteiger partial charge in [-0.25, -0.2) is 4.79 Å². The van der Waals surface area contributed by atoms with Crippen LogP contribution in [0.5, 0.6) is 0 Å². The Kier molecular flexibility index (Phi) is 7.09. The van der Waals surface area contributed by atoms with Crippen LogP contribution in [0, 0.1) is 5.92 Å². The van der Waals surface area contributed by atoms with Crippen molar-refractivity contribution in [1.82, 2.24) is 15.5 Å². The molecule has 5 heteroatoms. The van der Waals surface area contributed by atoms with Crippen LogP contribution < -0.4 is 10.6 Å². The van der Waals surface area contributed by atoms with Crippen LogP contribution in [0.1, 0.15) is 37.8 Å². The smallest absolute Gasteiger partial charge is 0.317 e. The number of nitrogens with one attached hydrogen (secondary N) is 2. The first-order valence-corrected chi connectivity index (χ1v) is 8.93. The van der Waals surface area contributed by atoms with Gasteiger partial charge in [0.05, 0.1) is 0 Å². The summed E-state index contributed by atoms with van der Waals surface area (Å²) in [6.45, 7) is 6.57. The van der Waals surface area contributed by atoms with E-state index in [-0.39, 0.29) is 11.9 Å². The second kappa shape index (κ2) is 9.30. The Morgan fingerprint density at radius 1 is 1.08 bits per heavy atom. The van der Waals surface area contributed by atoms with E-state index in [9.17, 15) is 9.59 Å². The molecule has 1 heterocycles. The number of hydrogen-bond donors (Lipinski definition) is 2. The fourth-order valence-corrected chi connectivity index (χ4v) is 3.16. The molecule has 0 spiro atoms. The average molecular weight is 331 g/mol. The van der Waals surface area contributed by atoms with Crippen LogP contribution in [0.4, 0.5) is 4.79 Å². The maximum absolute atomic E-state index is 11.8. The van der Waals surface area contributed by atoms with Crippen molar-refractivity contribution in [2.75, 3.05) is 26.2 Å². The lowest BCUT2D eigenvalue weighted by Crippen LogP contribution is -2.44. The number of amides is 3. The molecule has 3 amide bonds. The largest absolute Gasteiger partial charge is 0.356 e. The summed E-state index contributed by atoms with van der Waals surface area (Å²) in [5, 5.41) is 5.69. The fraction of sp³-hybridized carbons (Fsp3) is 0.579. The molecule has 1 aliphatic heterocycles. The molecule has 0 saturated carbocycles. The monoisotopic (exact) mass is 331 g/mol. The molecule has 1 aromatic rings. The lowest BCUT2D eigenvalue weighted by Gasteiger charge is -2.32. The highest BCUT2D eigenvalue weighted by Gasteiger charge is 2.22. The third-order valence-electron chi connectivity index (χ3n) is 4.56. The predicted molar refractivity (Wildman–Crippen MR) is 95.9 cm³/mol. The van der Waals surface area contributed by atoms with Crippen LogP contribution in [0.2, 0.25) is 0 Å². The van der Waals surface area contributed by atoms with Gasteiger partial charge in [-0.3, -0.25) is 4.79 Å². The molecule has 1 aromatic carbocycles. The molecule has 0 bridgehead atoms. The number of carbonyl (C=O) groups excluding carboxylic acids is 2. The first-order valence-electron chi connectivity index (χ1n) is 8.93. The molecule has 0 radical (unpaired) electrons. The second-order valence-corrected chi connectivity index (χ2v) is 6.52. The van der Waals surface area contributed by atoms with Crippen molar-refractivity contribution in [2.24, 2.45) is 5.92 Å². The molecule has 0 atom stereocenters. The van der Waals surface area contributed by atoms with E-state index in [2.05, 4.69) is 34.9 Å². The van der Waals surface area contributed by atoms with Gasteiger partial charge >= 0.3 is 6.03 Å². The van der Waals surface area contributed by atoms with Crippen LogP contribution in [0.3, 0.4) is 0 Å². The van der Waals surface area contributed by atoms with E-state index in [1.807, 2.05) is 11.8 Å². The Morgan fingerprint density at radius 3 is 2.29 bits per heavy atom. The summed E-state index contributed by atoms with van der Waals surface area (Å²) in [5.41, 5.74) is 2.60. The van der Waals surface area contributed by atoms with Crippen LogP contribution in [0.25, 0.3) is 0 Å². The van der Waals surface area contributed by atoms with E-state index < -0.39 is 0 Å². The molecule has 132 valence electrons. The second-order valence-electron chi connectivity index (χ2n) is 6.52. The summed E-state index contributed by atoms with van der Waals surface area (Å²) in [6.07, 6.45) is 4.09. The number of hydrogen-bond acceptors (Lipinski definition) is 2. The first-order chi connectivity index (χ1) is 11.6. The van der Waals surface area contributed by atoms with Crippen LogP contribution in [-0.2, 0) is 17.6 Å². The minimum atomic E-state index is 0.0191. The summed E-state index contributed by atoms with van der Waals surface area (Å²) < 4.78 is 0. The number of nitrogens with zero attached hydrogens (tertiary/aromatic N) is 1. The summed E-state index contributed by atoms with van der Waals surface area (Å²) >= 11 is 0. The van der Waals surface area contributed by atoms with Gasteiger partial charge in [0, 0.05) is 33.1 Å². The summed E-state index contributed by atoms with van der Waals surface area (Å²) in [7, 11) is 0. The minimum absolute atomic E-state index is 0.0191. The number of likely N-dealkylation sites (tertiary alicyclic amines) is 1. The van der Waals surface area contributed by atoms with E-state index in [0.29, 0.717) is 19.0 Å². The standard InChI is InChI=1S/C19H29N3O2/c1-3-20-19(24)22-12-9-18(10-13-22)14-17-6-4-16(5-7-17)8-11-21-15(2)23/h4-7,18H,3,8-14H2,1-2H3,(H,20,24)(H,21,23). The van der Waals surface area contributed by atoms with Crippen LogP contribution in [0.15, 0.2) is 24.3 Å². The zero-order chi connectivity index (χ0) is 17.4. The molecule has 1 aliphatic rings. The van der Waals surface area contributed by atoms with Crippen molar-refractivity contribution in [3.8, 4) is 0 Å². The van der Waals surface area contributed by atoms with E-state index >= 15 is 0 Å². The molecule has 1 saturated heterocycles. The third kappa shape index (κ3) is 5.87. The van der Waals surface area contributed by atoms with Crippen molar-refractivity contribution >= 4 is 11.9 Å². The van der Waals surface area contributed by atoms with Gasteiger partial charge in [-0.15, -0.1) is 0 Å².